The summed E-state index contributed by atoms with van der Waals surface area (Å²) in [5, 5.41) is 3.91. The van der Waals surface area contributed by atoms with Crippen molar-refractivity contribution in [3.05, 3.63) is 30.1 Å². The maximum atomic E-state index is 5.70. The average Bonchev–Trinajstić information content (AvgIpc) is 2.80. The Morgan fingerprint density at radius 2 is 2.29 bits per heavy atom. The molecule has 0 saturated carbocycles. The van der Waals surface area contributed by atoms with Gasteiger partial charge in [0.15, 0.2) is 0 Å². The summed E-state index contributed by atoms with van der Waals surface area (Å²) in [7, 11) is 1.63. The molecule has 2 aromatic rings. The molecule has 1 aromatic carbocycles. The number of anilines is 1. The van der Waals surface area contributed by atoms with Gasteiger partial charge in [0.05, 0.1) is 0 Å². The van der Waals surface area contributed by atoms with E-state index in [1.165, 1.54) is 0 Å². The predicted molar refractivity (Wildman–Crippen MR) is 64.2 cm³/mol. The molecule has 5 heteroatoms. The molecule has 0 aliphatic rings. The van der Waals surface area contributed by atoms with E-state index in [0.29, 0.717) is 17.4 Å². The van der Waals surface area contributed by atoms with Crippen molar-refractivity contribution in [1.29, 1.82) is 0 Å². The van der Waals surface area contributed by atoms with Crippen LogP contribution in [0.2, 0.25) is 0 Å². The smallest absolute Gasteiger partial charge is 0.258 e. The first-order chi connectivity index (χ1) is 8.24. The van der Waals surface area contributed by atoms with Crippen LogP contribution >= 0.6 is 0 Å². The summed E-state index contributed by atoms with van der Waals surface area (Å²) in [5.74, 6) is 1.02. The van der Waals surface area contributed by atoms with Crippen molar-refractivity contribution < 1.29 is 9.26 Å². The normalized spacial score (nSPS) is 12.6. The van der Waals surface area contributed by atoms with Crippen LogP contribution in [0.4, 0.5) is 5.69 Å². The van der Waals surface area contributed by atoms with E-state index in [-0.39, 0.29) is 6.10 Å². The van der Waals surface area contributed by atoms with Gasteiger partial charge in [-0.1, -0.05) is 18.1 Å². The fourth-order valence-electron chi connectivity index (χ4n) is 1.61. The molecular formula is C12H15N3O2. The maximum Gasteiger partial charge on any atom is 0.258 e. The van der Waals surface area contributed by atoms with Crippen molar-refractivity contribution in [1.82, 2.24) is 10.1 Å². The predicted octanol–water partition coefficient (Wildman–Crippen LogP) is 2.42. The van der Waals surface area contributed by atoms with Crippen molar-refractivity contribution >= 4 is 5.69 Å². The van der Waals surface area contributed by atoms with Crippen LogP contribution in [0.25, 0.3) is 11.5 Å². The number of hydrogen-bond acceptors (Lipinski definition) is 5. The molecule has 0 aliphatic carbocycles. The highest BCUT2D eigenvalue weighted by Crippen LogP contribution is 2.23. The molecule has 1 atom stereocenters. The van der Waals surface area contributed by atoms with Crippen molar-refractivity contribution in [2.45, 2.75) is 19.4 Å². The van der Waals surface area contributed by atoms with E-state index in [1.807, 2.05) is 25.1 Å². The van der Waals surface area contributed by atoms with Crippen LogP contribution in [0.1, 0.15) is 25.3 Å². The zero-order chi connectivity index (χ0) is 12.3. The lowest BCUT2D eigenvalue weighted by Crippen LogP contribution is -2.01. The lowest BCUT2D eigenvalue weighted by molar-refractivity contribution is 0.0903. The molecule has 5 nitrogen and oxygen atoms in total. The highest BCUT2D eigenvalue weighted by molar-refractivity contribution is 5.59. The van der Waals surface area contributed by atoms with Crippen molar-refractivity contribution in [2.24, 2.45) is 0 Å². The summed E-state index contributed by atoms with van der Waals surface area (Å²) in [5.41, 5.74) is 7.18. The minimum absolute atomic E-state index is 0.131. The zero-order valence-corrected chi connectivity index (χ0v) is 9.88. The molecule has 0 aliphatic heterocycles. The molecule has 1 unspecified atom stereocenters. The molecule has 17 heavy (non-hydrogen) atoms. The van der Waals surface area contributed by atoms with E-state index in [4.69, 9.17) is 15.0 Å². The van der Waals surface area contributed by atoms with Crippen molar-refractivity contribution in [2.75, 3.05) is 12.8 Å². The lowest BCUT2D eigenvalue weighted by Gasteiger charge is -2.06. The van der Waals surface area contributed by atoms with Crippen LogP contribution in [0.3, 0.4) is 0 Å². The molecule has 1 aromatic heterocycles. The van der Waals surface area contributed by atoms with Gasteiger partial charge in [-0.15, -0.1) is 0 Å². The van der Waals surface area contributed by atoms with Gasteiger partial charge < -0.3 is 15.0 Å². The molecule has 1 heterocycles. The monoisotopic (exact) mass is 233 g/mol. The van der Waals surface area contributed by atoms with Crippen LogP contribution in [0.15, 0.2) is 28.8 Å². The van der Waals surface area contributed by atoms with E-state index in [1.54, 1.807) is 13.2 Å². The number of hydrogen-bond donors (Lipinski definition) is 1. The molecule has 2 rings (SSSR count). The first-order valence-corrected chi connectivity index (χ1v) is 5.47. The molecular weight excluding hydrogens is 218 g/mol. The zero-order valence-electron chi connectivity index (χ0n) is 9.88. The Morgan fingerprint density at radius 1 is 1.47 bits per heavy atom. The molecule has 0 radical (unpaired) electrons. The van der Waals surface area contributed by atoms with Gasteiger partial charge in [0.2, 0.25) is 5.82 Å². The molecule has 90 valence electrons. The number of aromatic nitrogens is 2. The summed E-state index contributed by atoms with van der Waals surface area (Å²) in [6, 6.07) is 7.33. The van der Waals surface area contributed by atoms with Crippen molar-refractivity contribution in [3.63, 3.8) is 0 Å². The fourth-order valence-corrected chi connectivity index (χ4v) is 1.61. The minimum atomic E-state index is -0.131. The average molecular weight is 233 g/mol. The Hall–Kier alpha value is -1.88. The minimum Gasteiger partial charge on any atom is -0.399 e. The van der Waals surface area contributed by atoms with Gasteiger partial charge in [0.1, 0.15) is 6.10 Å². The van der Waals surface area contributed by atoms with E-state index < -0.39 is 0 Å². The van der Waals surface area contributed by atoms with Gasteiger partial charge in [0.25, 0.3) is 5.89 Å². The molecule has 2 N–H and O–H groups in total. The van der Waals surface area contributed by atoms with E-state index >= 15 is 0 Å². The Bertz CT molecular complexity index is 492. The second-order valence-corrected chi connectivity index (χ2v) is 3.72. The Kier molecular flexibility index (Phi) is 3.39. The molecule has 0 fully saturated rings. The quantitative estimate of drug-likeness (QED) is 0.821. The standard InChI is InChI=1S/C12H15N3O2/c1-3-10(16-2)11-14-12(17-15-11)8-5-4-6-9(13)7-8/h4-7,10H,3,13H2,1-2H3. The van der Waals surface area contributed by atoms with Crippen LogP contribution in [-0.4, -0.2) is 17.3 Å². The van der Waals surface area contributed by atoms with E-state index in [2.05, 4.69) is 10.1 Å². The van der Waals surface area contributed by atoms with Gasteiger partial charge in [-0.3, -0.25) is 0 Å². The summed E-state index contributed by atoms with van der Waals surface area (Å²) in [6.07, 6.45) is 0.667. The van der Waals surface area contributed by atoms with Crippen LogP contribution in [-0.2, 0) is 4.74 Å². The highest BCUT2D eigenvalue weighted by atomic mass is 16.5. The third-order valence-corrected chi connectivity index (χ3v) is 2.52. The summed E-state index contributed by atoms with van der Waals surface area (Å²) < 4.78 is 10.4. The number of methoxy groups -OCH3 is 1. The Morgan fingerprint density at radius 3 is 2.94 bits per heavy atom. The second-order valence-electron chi connectivity index (χ2n) is 3.72. The van der Waals surface area contributed by atoms with Crippen LogP contribution in [0, 0.1) is 0 Å². The van der Waals surface area contributed by atoms with Gasteiger partial charge in [-0.25, -0.2) is 0 Å². The number of nitrogens with zero attached hydrogens (tertiary/aromatic N) is 2. The number of benzene rings is 1. The van der Waals surface area contributed by atoms with Crippen LogP contribution < -0.4 is 5.73 Å². The maximum absolute atomic E-state index is 5.70. The highest BCUT2D eigenvalue weighted by Gasteiger charge is 2.16. The summed E-state index contributed by atoms with van der Waals surface area (Å²) in [6.45, 7) is 2.00. The second kappa shape index (κ2) is 4.97. The number of ether oxygens (including phenoxy) is 1. The molecule has 0 bridgehead atoms. The molecule has 0 saturated heterocycles. The summed E-state index contributed by atoms with van der Waals surface area (Å²) >= 11 is 0. The lowest BCUT2D eigenvalue weighted by atomic mass is 10.2. The SMILES string of the molecule is CCC(OC)c1noc(-c2cccc(N)c2)n1. The van der Waals surface area contributed by atoms with Gasteiger partial charge >= 0.3 is 0 Å². The van der Waals surface area contributed by atoms with E-state index in [9.17, 15) is 0 Å². The summed E-state index contributed by atoms with van der Waals surface area (Å²) in [4.78, 5) is 4.31. The van der Waals surface area contributed by atoms with Gasteiger partial charge in [-0.2, -0.15) is 4.98 Å². The first kappa shape index (κ1) is 11.6. The largest absolute Gasteiger partial charge is 0.399 e. The third kappa shape index (κ3) is 2.45. The number of rotatable bonds is 4. The topological polar surface area (TPSA) is 74.2 Å². The van der Waals surface area contributed by atoms with E-state index in [0.717, 1.165) is 12.0 Å². The van der Waals surface area contributed by atoms with Gasteiger partial charge in [-0.05, 0) is 24.6 Å². The van der Waals surface area contributed by atoms with Crippen LogP contribution in [0.5, 0.6) is 0 Å². The Balaban J connectivity index is 2.29. The number of nitrogens with two attached hydrogens (primary N) is 1. The third-order valence-electron chi connectivity index (χ3n) is 2.52. The number of nitrogen functional groups attached to an aromatic ring is 1. The Labute approximate surface area is 99.6 Å². The first-order valence-electron chi connectivity index (χ1n) is 5.47. The van der Waals surface area contributed by atoms with Crippen molar-refractivity contribution in [3.8, 4) is 11.5 Å². The van der Waals surface area contributed by atoms with Gasteiger partial charge in [0, 0.05) is 18.4 Å². The fraction of sp³-hybridized carbons (Fsp3) is 0.333. The molecule has 0 amide bonds. The molecule has 0 spiro atoms.